The van der Waals surface area contributed by atoms with Gasteiger partial charge in [-0.25, -0.2) is 4.39 Å². The largest absolute Gasteiger partial charge is 0.454 e. The number of rotatable bonds is 4. The number of aryl methyl sites for hydroxylation is 1. The summed E-state index contributed by atoms with van der Waals surface area (Å²) in [7, 11) is 0. The second-order valence-corrected chi connectivity index (χ2v) is 5.78. The van der Waals surface area contributed by atoms with Gasteiger partial charge in [-0.3, -0.25) is 0 Å². The molecule has 2 nitrogen and oxygen atoms in total. The van der Waals surface area contributed by atoms with Crippen LogP contribution in [0.15, 0.2) is 36.4 Å². The number of benzene rings is 2. The summed E-state index contributed by atoms with van der Waals surface area (Å²) in [6.07, 6.45) is 0. The molecule has 0 aliphatic rings. The minimum atomic E-state index is -0.388. The second-order valence-electron chi connectivity index (χ2n) is 5.78. The highest BCUT2D eigenvalue weighted by molar-refractivity contribution is 5.43. The first kappa shape index (κ1) is 15.5. The van der Waals surface area contributed by atoms with Gasteiger partial charge in [0.15, 0.2) is 11.6 Å². The molecule has 2 aromatic rings. The van der Waals surface area contributed by atoms with Crippen LogP contribution in [0, 0.1) is 12.7 Å². The van der Waals surface area contributed by atoms with Gasteiger partial charge in [-0.1, -0.05) is 32.0 Å². The fourth-order valence-electron chi connectivity index (χ4n) is 2.21. The molecule has 2 N–H and O–H groups in total. The first-order chi connectivity index (χ1) is 9.88. The molecule has 112 valence electrons. The molecule has 2 rings (SSSR count). The summed E-state index contributed by atoms with van der Waals surface area (Å²) in [4.78, 5) is 0. The van der Waals surface area contributed by atoms with Crippen molar-refractivity contribution in [1.29, 1.82) is 0 Å². The predicted octanol–water partition coefficient (Wildman–Crippen LogP) is 5.07. The second kappa shape index (κ2) is 6.27. The summed E-state index contributed by atoms with van der Waals surface area (Å²) in [5, 5.41) is 0. The molecule has 21 heavy (non-hydrogen) atoms. The van der Waals surface area contributed by atoms with Crippen molar-refractivity contribution in [3.8, 4) is 11.5 Å². The van der Waals surface area contributed by atoms with Crippen LogP contribution in [0.3, 0.4) is 0 Å². The zero-order valence-electron chi connectivity index (χ0n) is 13.0. The Morgan fingerprint density at radius 2 is 1.71 bits per heavy atom. The van der Waals surface area contributed by atoms with Crippen molar-refractivity contribution in [2.24, 2.45) is 5.73 Å². The third-order valence-corrected chi connectivity index (χ3v) is 3.49. The molecule has 0 saturated carbocycles. The van der Waals surface area contributed by atoms with E-state index in [0.29, 0.717) is 11.7 Å². The molecule has 2 aromatic carbocycles. The van der Waals surface area contributed by atoms with Crippen LogP contribution in [0.2, 0.25) is 0 Å². The smallest absolute Gasteiger partial charge is 0.166 e. The van der Waals surface area contributed by atoms with Crippen molar-refractivity contribution in [1.82, 2.24) is 0 Å². The van der Waals surface area contributed by atoms with Gasteiger partial charge < -0.3 is 10.5 Å². The van der Waals surface area contributed by atoms with Crippen LogP contribution in [-0.4, -0.2) is 0 Å². The zero-order valence-corrected chi connectivity index (χ0v) is 13.0. The first-order valence-corrected chi connectivity index (χ1v) is 7.22. The van der Waals surface area contributed by atoms with Crippen molar-refractivity contribution >= 4 is 0 Å². The van der Waals surface area contributed by atoms with Crippen molar-refractivity contribution in [2.45, 2.75) is 39.7 Å². The minimum absolute atomic E-state index is 0.196. The third-order valence-electron chi connectivity index (χ3n) is 3.49. The summed E-state index contributed by atoms with van der Waals surface area (Å²) in [5.41, 5.74) is 8.67. The number of halogens is 1. The Morgan fingerprint density at radius 1 is 1.00 bits per heavy atom. The maximum Gasteiger partial charge on any atom is 0.166 e. The maximum absolute atomic E-state index is 14.1. The van der Waals surface area contributed by atoms with Crippen LogP contribution in [-0.2, 0) is 0 Å². The summed E-state index contributed by atoms with van der Waals surface area (Å²) < 4.78 is 20.0. The van der Waals surface area contributed by atoms with Crippen LogP contribution in [0.1, 0.15) is 49.4 Å². The molecule has 0 aliphatic carbocycles. The van der Waals surface area contributed by atoms with Gasteiger partial charge in [-0.2, -0.15) is 0 Å². The number of hydrogen-bond donors (Lipinski definition) is 1. The number of hydrogen-bond acceptors (Lipinski definition) is 2. The molecular formula is C18H22FNO. The normalized spacial score (nSPS) is 12.5. The van der Waals surface area contributed by atoms with Crippen molar-refractivity contribution in [3.63, 3.8) is 0 Å². The minimum Gasteiger partial charge on any atom is -0.454 e. The lowest BCUT2D eigenvalue weighted by Gasteiger charge is -2.16. The molecule has 0 heterocycles. The van der Waals surface area contributed by atoms with Crippen LogP contribution in [0.5, 0.6) is 11.5 Å². The average Bonchev–Trinajstić information content (AvgIpc) is 2.40. The van der Waals surface area contributed by atoms with Gasteiger partial charge in [0.25, 0.3) is 0 Å². The molecule has 0 aliphatic heterocycles. The van der Waals surface area contributed by atoms with Gasteiger partial charge in [0.05, 0.1) is 0 Å². The summed E-state index contributed by atoms with van der Waals surface area (Å²) in [5.74, 6) is 0.859. The number of nitrogens with two attached hydrogens (primary N) is 1. The molecule has 0 unspecified atom stereocenters. The van der Waals surface area contributed by atoms with E-state index in [1.807, 2.05) is 32.0 Å². The SMILES string of the molecule is Cc1ccc(C(C)C)c(Oc2ccc([C@@H](C)N)cc2F)c1. The molecule has 0 saturated heterocycles. The summed E-state index contributed by atoms with van der Waals surface area (Å²) in [6, 6.07) is 10.7. The lowest BCUT2D eigenvalue weighted by Crippen LogP contribution is -2.05. The molecule has 0 spiro atoms. The van der Waals surface area contributed by atoms with E-state index in [2.05, 4.69) is 13.8 Å². The van der Waals surface area contributed by atoms with E-state index in [0.717, 1.165) is 16.7 Å². The van der Waals surface area contributed by atoms with Gasteiger partial charge in [0.1, 0.15) is 5.75 Å². The first-order valence-electron chi connectivity index (χ1n) is 7.22. The van der Waals surface area contributed by atoms with Gasteiger partial charge in [-0.15, -0.1) is 0 Å². The Hall–Kier alpha value is -1.87. The van der Waals surface area contributed by atoms with E-state index in [9.17, 15) is 4.39 Å². The Balaban J connectivity index is 2.36. The lowest BCUT2D eigenvalue weighted by atomic mass is 10.0. The zero-order chi connectivity index (χ0) is 15.6. The van der Waals surface area contributed by atoms with Gasteiger partial charge in [-0.05, 0) is 54.7 Å². The van der Waals surface area contributed by atoms with Crippen LogP contribution in [0.25, 0.3) is 0 Å². The van der Waals surface area contributed by atoms with Crippen LogP contribution < -0.4 is 10.5 Å². The quantitative estimate of drug-likeness (QED) is 0.852. The highest BCUT2D eigenvalue weighted by Crippen LogP contribution is 2.33. The molecule has 3 heteroatoms. The highest BCUT2D eigenvalue weighted by Gasteiger charge is 2.12. The van der Waals surface area contributed by atoms with Crippen molar-refractivity contribution < 1.29 is 9.13 Å². The standard InChI is InChI=1S/C18H22FNO/c1-11(2)15-7-5-12(3)9-18(15)21-17-8-6-14(13(4)20)10-16(17)19/h5-11,13H,20H2,1-4H3/t13-/m1/s1. The number of ether oxygens (including phenoxy) is 1. The Bertz CT molecular complexity index is 635. The van der Waals surface area contributed by atoms with Crippen LogP contribution in [0.4, 0.5) is 4.39 Å². The molecule has 0 fully saturated rings. The fraction of sp³-hybridized carbons (Fsp3) is 0.333. The van der Waals surface area contributed by atoms with Gasteiger partial charge in [0, 0.05) is 6.04 Å². The van der Waals surface area contributed by atoms with E-state index >= 15 is 0 Å². The fourth-order valence-corrected chi connectivity index (χ4v) is 2.21. The van der Waals surface area contributed by atoms with Crippen molar-refractivity contribution in [2.75, 3.05) is 0 Å². The third kappa shape index (κ3) is 3.61. The van der Waals surface area contributed by atoms with E-state index in [1.54, 1.807) is 12.1 Å². The molecule has 0 radical (unpaired) electrons. The van der Waals surface area contributed by atoms with E-state index in [-0.39, 0.29) is 17.6 Å². The predicted molar refractivity (Wildman–Crippen MR) is 84.3 cm³/mol. The maximum atomic E-state index is 14.1. The van der Waals surface area contributed by atoms with E-state index in [1.165, 1.54) is 6.07 Å². The Morgan fingerprint density at radius 3 is 2.29 bits per heavy atom. The monoisotopic (exact) mass is 287 g/mol. The Labute approximate surface area is 125 Å². The molecular weight excluding hydrogens is 265 g/mol. The summed E-state index contributed by atoms with van der Waals surface area (Å²) >= 11 is 0. The van der Waals surface area contributed by atoms with Gasteiger partial charge >= 0.3 is 0 Å². The highest BCUT2D eigenvalue weighted by atomic mass is 19.1. The van der Waals surface area contributed by atoms with Crippen molar-refractivity contribution in [3.05, 3.63) is 58.9 Å². The molecule has 0 aromatic heterocycles. The average molecular weight is 287 g/mol. The summed E-state index contributed by atoms with van der Waals surface area (Å²) in [6.45, 7) is 8.00. The van der Waals surface area contributed by atoms with Gasteiger partial charge in [0.2, 0.25) is 0 Å². The molecule has 0 amide bonds. The van der Waals surface area contributed by atoms with Crippen LogP contribution >= 0.6 is 0 Å². The molecule has 1 atom stereocenters. The molecule has 0 bridgehead atoms. The van der Waals surface area contributed by atoms with E-state index in [4.69, 9.17) is 10.5 Å². The van der Waals surface area contributed by atoms with E-state index < -0.39 is 0 Å². The lowest BCUT2D eigenvalue weighted by molar-refractivity contribution is 0.434. The Kier molecular flexibility index (Phi) is 4.63. The topological polar surface area (TPSA) is 35.2 Å².